The molecule has 0 fully saturated rings. The summed E-state index contributed by atoms with van der Waals surface area (Å²) < 4.78 is 16.8. The monoisotopic (exact) mass is 831 g/mol. The summed E-state index contributed by atoms with van der Waals surface area (Å²) in [6.07, 6.45) is 54.5. The summed E-state index contributed by atoms with van der Waals surface area (Å²) in [5, 5.41) is 0. The quantitative estimate of drug-likeness (QED) is 0.0263. The van der Waals surface area contributed by atoms with Crippen LogP contribution in [0.3, 0.4) is 0 Å². The van der Waals surface area contributed by atoms with Crippen LogP contribution >= 0.6 is 0 Å². The molecule has 0 rings (SSSR count). The Hall–Kier alpha value is -2.11. The van der Waals surface area contributed by atoms with Gasteiger partial charge in [-0.25, -0.2) is 0 Å². The molecule has 0 aromatic rings. The molecule has 0 aliphatic carbocycles. The molecule has 0 amide bonds. The van der Waals surface area contributed by atoms with Crippen molar-refractivity contribution >= 4 is 17.9 Å². The maximum Gasteiger partial charge on any atom is 0.306 e. The third-order valence-corrected chi connectivity index (χ3v) is 11.4. The van der Waals surface area contributed by atoms with E-state index in [9.17, 15) is 14.4 Å². The van der Waals surface area contributed by atoms with Crippen molar-refractivity contribution in [3.8, 4) is 0 Å². The van der Waals surface area contributed by atoms with Gasteiger partial charge in [-0.05, 0) is 70.6 Å². The average molecular weight is 831 g/mol. The first-order chi connectivity index (χ1) is 29.0. The molecule has 0 spiro atoms. The van der Waals surface area contributed by atoms with Gasteiger partial charge in [-0.15, -0.1) is 0 Å². The van der Waals surface area contributed by atoms with Crippen molar-refractivity contribution in [3.05, 3.63) is 24.3 Å². The lowest BCUT2D eigenvalue weighted by Gasteiger charge is -2.18. The summed E-state index contributed by atoms with van der Waals surface area (Å²) in [6.45, 7) is 6.61. The summed E-state index contributed by atoms with van der Waals surface area (Å²) in [6, 6.07) is 0. The highest BCUT2D eigenvalue weighted by atomic mass is 16.6. The van der Waals surface area contributed by atoms with Crippen LogP contribution in [0.15, 0.2) is 24.3 Å². The first-order valence-electron chi connectivity index (χ1n) is 25.8. The standard InChI is InChI=1S/C53H98O6/c1-4-7-10-13-16-19-22-24-25-26-27-28-29-30-32-34-37-40-43-46-52(55)58-49-50(48-57-51(54)45-42-39-36-33-21-18-15-12-9-6-3)59-53(56)47-44-41-38-35-31-23-20-17-14-11-8-5-2/h17,20,24-25,50H,4-16,18-19,21-23,26-49H2,1-3H3/b20-17-,25-24-. The van der Waals surface area contributed by atoms with Crippen molar-refractivity contribution in [2.45, 2.75) is 284 Å². The Morgan fingerprint density at radius 3 is 0.881 bits per heavy atom. The van der Waals surface area contributed by atoms with Crippen molar-refractivity contribution in [2.75, 3.05) is 13.2 Å². The van der Waals surface area contributed by atoms with Gasteiger partial charge in [0.15, 0.2) is 6.10 Å². The molecule has 0 heterocycles. The maximum absolute atomic E-state index is 12.7. The highest BCUT2D eigenvalue weighted by Crippen LogP contribution is 2.15. The largest absolute Gasteiger partial charge is 0.462 e. The van der Waals surface area contributed by atoms with Crippen molar-refractivity contribution in [1.29, 1.82) is 0 Å². The molecule has 0 aromatic carbocycles. The molecule has 0 aliphatic rings. The smallest absolute Gasteiger partial charge is 0.306 e. The van der Waals surface area contributed by atoms with Crippen LogP contribution in [0.25, 0.3) is 0 Å². The van der Waals surface area contributed by atoms with E-state index in [1.165, 1.54) is 173 Å². The normalized spacial score (nSPS) is 12.1. The van der Waals surface area contributed by atoms with E-state index in [0.717, 1.165) is 64.2 Å². The van der Waals surface area contributed by atoms with Gasteiger partial charge in [0, 0.05) is 19.3 Å². The molecule has 346 valence electrons. The fourth-order valence-corrected chi connectivity index (χ4v) is 7.49. The minimum absolute atomic E-state index is 0.0719. The van der Waals surface area contributed by atoms with Crippen LogP contribution in [-0.4, -0.2) is 37.2 Å². The molecular weight excluding hydrogens is 733 g/mol. The third kappa shape index (κ3) is 46.8. The Bertz CT molecular complexity index is 958. The van der Waals surface area contributed by atoms with E-state index in [-0.39, 0.29) is 31.1 Å². The minimum atomic E-state index is -0.770. The Morgan fingerprint density at radius 1 is 0.322 bits per heavy atom. The molecular formula is C53H98O6. The fraction of sp³-hybridized carbons (Fsp3) is 0.868. The van der Waals surface area contributed by atoms with Gasteiger partial charge in [0.2, 0.25) is 0 Å². The molecule has 0 radical (unpaired) electrons. The predicted octanol–water partition coefficient (Wildman–Crippen LogP) is 16.8. The lowest BCUT2D eigenvalue weighted by Crippen LogP contribution is -2.30. The molecule has 1 atom stereocenters. The lowest BCUT2D eigenvalue weighted by molar-refractivity contribution is -0.167. The average Bonchev–Trinajstić information content (AvgIpc) is 3.23. The summed E-state index contributed by atoms with van der Waals surface area (Å²) >= 11 is 0. The van der Waals surface area contributed by atoms with Gasteiger partial charge in [0.1, 0.15) is 13.2 Å². The number of carbonyl (C=O) groups excluding carboxylic acids is 3. The van der Waals surface area contributed by atoms with Crippen LogP contribution in [-0.2, 0) is 28.6 Å². The zero-order valence-corrected chi connectivity index (χ0v) is 39.5. The first-order valence-corrected chi connectivity index (χ1v) is 25.8. The molecule has 0 saturated carbocycles. The number of hydrogen-bond acceptors (Lipinski definition) is 6. The zero-order valence-electron chi connectivity index (χ0n) is 39.5. The summed E-state index contributed by atoms with van der Waals surface area (Å²) in [7, 11) is 0. The number of ether oxygens (including phenoxy) is 3. The molecule has 6 heteroatoms. The van der Waals surface area contributed by atoms with E-state index in [1.54, 1.807) is 0 Å². The van der Waals surface area contributed by atoms with Gasteiger partial charge in [-0.2, -0.15) is 0 Å². The fourth-order valence-electron chi connectivity index (χ4n) is 7.49. The second kappa shape index (κ2) is 48.6. The highest BCUT2D eigenvalue weighted by molar-refractivity contribution is 5.71. The van der Waals surface area contributed by atoms with E-state index in [4.69, 9.17) is 14.2 Å². The van der Waals surface area contributed by atoms with E-state index < -0.39 is 6.10 Å². The molecule has 1 unspecified atom stereocenters. The molecule has 0 aliphatic heterocycles. The number of unbranched alkanes of at least 4 members (excludes halogenated alkanes) is 32. The minimum Gasteiger partial charge on any atom is -0.462 e. The summed E-state index contributed by atoms with van der Waals surface area (Å²) in [5.41, 5.74) is 0. The third-order valence-electron chi connectivity index (χ3n) is 11.4. The van der Waals surface area contributed by atoms with Gasteiger partial charge >= 0.3 is 17.9 Å². The number of allylic oxidation sites excluding steroid dienone is 4. The molecule has 0 bridgehead atoms. The lowest BCUT2D eigenvalue weighted by atomic mass is 10.1. The number of carbonyl (C=O) groups is 3. The van der Waals surface area contributed by atoms with Crippen LogP contribution < -0.4 is 0 Å². The summed E-state index contributed by atoms with van der Waals surface area (Å²) in [4.78, 5) is 37.9. The van der Waals surface area contributed by atoms with Gasteiger partial charge in [-0.3, -0.25) is 14.4 Å². The van der Waals surface area contributed by atoms with E-state index in [0.29, 0.717) is 19.3 Å². The Morgan fingerprint density at radius 2 is 0.559 bits per heavy atom. The van der Waals surface area contributed by atoms with E-state index >= 15 is 0 Å². The van der Waals surface area contributed by atoms with Gasteiger partial charge in [0.05, 0.1) is 0 Å². The number of esters is 3. The van der Waals surface area contributed by atoms with Crippen LogP contribution in [0.5, 0.6) is 0 Å². The Balaban J connectivity index is 4.27. The van der Waals surface area contributed by atoms with Crippen LogP contribution in [0.2, 0.25) is 0 Å². The number of hydrogen-bond donors (Lipinski definition) is 0. The van der Waals surface area contributed by atoms with Crippen molar-refractivity contribution < 1.29 is 28.6 Å². The summed E-state index contributed by atoms with van der Waals surface area (Å²) in [5.74, 6) is -0.874. The molecule has 6 nitrogen and oxygen atoms in total. The predicted molar refractivity (Wildman–Crippen MR) is 252 cm³/mol. The van der Waals surface area contributed by atoms with E-state index in [2.05, 4.69) is 45.1 Å². The first kappa shape index (κ1) is 56.9. The van der Waals surface area contributed by atoms with Crippen LogP contribution in [0.1, 0.15) is 278 Å². The van der Waals surface area contributed by atoms with Crippen molar-refractivity contribution in [2.24, 2.45) is 0 Å². The second-order valence-corrected chi connectivity index (χ2v) is 17.4. The zero-order chi connectivity index (χ0) is 43.0. The topological polar surface area (TPSA) is 78.9 Å². The molecule has 59 heavy (non-hydrogen) atoms. The molecule has 0 saturated heterocycles. The second-order valence-electron chi connectivity index (χ2n) is 17.4. The maximum atomic E-state index is 12.7. The Kier molecular flexibility index (Phi) is 46.8. The van der Waals surface area contributed by atoms with Gasteiger partial charge in [-0.1, -0.05) is 212 Å². The van der Waals surface area contributed by atoms with Crippen LogP contribution in [0.4, 0.5) is 0 Å². The number of rotatable bonds is 47. The van der Waals surface area contributed by atoms with Crippen molar-refractivity contribution in [3.63, 3.8) is 0 Å². The molecule has 0 aromatic heterocycles. The van der Waals surface area contributed by atoms with Crippen molar-refractivity contribution in [1.82, 2.24) is 0 Å². The Labute approximate surface area is 366 Å². The van der Waals surface area contributed by atoms with E-state index in [1.807, 2.05) is 0 Å². The highest BCUT2D eigenvalue weighted by Gasteiger charge is 2.19. The SMILES string of the molecule is CCCCC/C=C\CCCCCCCC(=O)OC(COC(=O)CCCCCCCCCCCC)COC(=O)CCCCCCCCCCC/C=C\CCCCCCCC. The van der Waals surface area contributed by atoms with Gasteiger partial charge < -0.3 is 14.2 Å². The molecule has 0 N–H and O–H groups in total. The van der Waals surface area contributed by atoms with Gasteiger partial charge in [0.25, 0.3) is 0 Å². The van der Waals surface area contributed by atoms with Crippen LogP contribution in [0, 0.1) is 0 Å².